The van der Waals surface area contributed by atoms with E-state index >= 15 is 0 Å². The van der Waals surface area contributed by atoms with E-state index in [0.717, 1.165) is 165 Å². The van der Waals surface area contributed by atoms with Gasteiger partial charge in [-0.25, -0.2) is 0 Å². The maximum absolute atomic E-state index is 14.2. The summed E-state index contributed by atoms with van der Waals surface area (Å²) in [6.45, 7) is 30.3. The van der Waals surface area contributed by atoms with E-state index in [1.807, 2.05) is 13.8 Å². The Morgan fingerprint density at radius 2 is 0.676 bits per heavy atom. The van der Waals surface area contributed by atoms with Gasteiger partial charge < -0.3 is 61.6 Å². The second-order valence-corrected chi connectivity index (χ2v) is 53.1. The Hall–Kier alpha value is -6.40. The topological polar surface area (TPSA) is 325 Å². The lowest BCUT2D eigenvalue weighted by Crippen LogP contribution is -2.60. The standard InChI is InChI=1S/C33H46O6.C28H40O6.C27H38O7.C26H36O6/c1-5-31(4,32-12-18-6-19(13-32)8-20(7-18)14-32)39-30(36)33-15-22-11-25(33)27(38-29(33)35)26(22)37-28(34)24-10-21-9-23(24)17(3)16(21)2;1-14-15(2)19-10-16(14)11-20(19)24(29)32-22-17-12-21-23(22)33-25(30)28(21,13-17)26(31)34-27(3,4)18-8-6-5-7-9-18;1-13-14(2)19-9-16(13)10-20(19)24(28)33-22-17-11-21-23(22)34-26(30)27(21,12-17)25(29)32-15(3)31-18-7-5-4-6-8-18;1-4-25(7-5-6-8-25)32-24(29)26-12-16-11-19(26)21(31-23(26)28)20(16)30-22(27)18-10-15-9-17(18)14(3)13(15)2/h16-27H,5-15H2,1-4H3;14-23H,5-13H2,1-4H3;13-23H,4-12H2,1-3H3;13-21H,4-12H2,1-3H3. The summed E-state index contributed by atoms with van der Waals surface area (Å²) >= 11 is 0. The Bertz CT molecular complexity index is 4850. The molecule has 0 aromatic carbocycles. The van der Waals surface area contributed by atoms with Crippen molar-refractivity contribution in [2.75, 3.05) is 0 Å². The van der Waals surface area contributed by atoms with Crippen LogP contribution in [0.3, 0.4) is 0 Å². The van der Waals surface area contributed by atoms with E-state index in [0.29, 0.717) is 152 Å². The van der Waals surface area contributed by atoms with Crippen molar-refractivity contribution in [3.8, 4) is 0 Å². The van der Waals surface area contributed by atoms with Crippen molar-refractivity contribution in [2.24, 2.45) is 216 Å². The molecule has 0 aromatic heterocycles. The summed E-state index contributed by atoms with van der Waals surface area (Å²) in [5.41, 5.74) is -6.40. The predicted octanol–water partition coefficient (Wildman–Crippen LogP) is 18.4. The molecule has 23 saturated carbocycles. The number of esters is 12. The molecule has 0 amide bonds. The minimum absolute atomic E-state index is 0.00374. The molecule has 766 valence electrons. The molecule has 27 aliphatic rings. The van der Waals surface area contributed by atoms with E-state index in [2.05, 4.69) is 76.2 Å². The first-order valence-electron chi connectivity index (χ1n) is 56.5. The quantitative estimate of drug-likeness (QED) is 0.0420. The zero-order valence-corrected chi connectivity index (χ0v) is 85.3. The van der Waals surface area contributed by atoms with Crippen LogP contribution in [0, 0.1) is 216 Å². The van der Waals surface area contributed by atoms with Gasteiger partial charge >= 0.3 is 71.6 Å². The van der Waals surface area contributed by atoms with Gasteiger partial charge in [0.2, 0.25) is 0 Å². The van der Waals surface area contributed by atoms with Gasteiger partial charge in [0.1, 0.15) is 65.6 Å². The number of carbonyl (C=O) groups excluding carboxylic acids is 12. The molecule has 4 saturated heterocycles. The number of rotatable bonds is 22. The van der Waals surface area contributed by atoms with Gasteiger partial charge in [-0.3, -0.25) is 57.5 Å². The fourth-order valence-corrected chi connectivity index (χ4v) is 38.9. The minimum Gasteiger partial charge on any atom is -0.459 e. The first-order chi connectivity index (χ1) is 66.3. The lowest BCUT2D eigenvalue weighted by atomic mass is 9.45. The molecule has 0 spiro atoms. The molecule has 23 aliphatic carbocycles. The molecule has 0 aromatic rings. The van der Waals surface area contributed by atoms with Crippen LogP contribution in [0.25, 0.3) is 0 Å². The van der Waals surface area contributed by atoms with E-state index in [-0.39, 0.29) is 118 Å². The smallest absolute Gasteiger partial charge is 0.326 e. The Kier molecular flexibility index (Phi) is 23.9. The largest absolute Gasteiger partial charge is 0.459 e. The highest BCUT2D eigenvalue weighted by Gasteiger charge is 2.81. The second-order valence-electron chi connectivity index (χ2n) is 53.1. The zero-order valence-electron chi connectivity index (χ0n) is 85.3. The van der Waals surface area contributed by atoms with E-state index < -0.39 is 129 Å². The fraction of sp³-hybridized carbons (Fsp3) is 0.895. The molecule has 0 radical (unpaired) electrons. The van der Waals surface area contributed by atoms with Crippen LogP contribution in [0.5, 0.6) is 0 Å². The summed E-state index contributed by atoms with van der Waals surface area (Å²) in [4.78, 5) is 160. The van der Waals surface area contributed by atoms with Crippen LogP contribution in [-0.2, 0) is 119 Å². The molecule has 25 nitrogen and oxygen atoms in total. The minimum atomic E-state index is -1.27. The Morgan fingerprint density at radius 1 is 0.360 bits per heavy atom. The second kappa shape index (κ2) is 34.6. The number of ether oxygens (including phenoxy) is 13. The Morgan fingerprint density at radius 3 is 0.993 bits per heavy atom. The highest BCUT2D eigenvalue weighted by Crippen LogP contribution is 2.72. The van der Waals surface area contributed by atoms with Crippen molar-refractivity contribution in [3.05, 3.63) is 0 Å². The number of fused-ring (bicyclic) bond motifs is 12. The number of carbonyl (C=O) groups is 12. The van der Waals surface area contributed by atoms with Crippen LogP contribution in [0.4, 0.5) is 0 Å². The lowest BCUT2D eigenvalue weighted by Gasteiger charge is -2.62. The predicted molar refractivity (Wildman–Crippen MR) is 499 cm³/mol. The van der Waals surface area contributed by atoms with Crippen LogP contribution < -0.4 is 0 Å². The average molecular weight is 1930 g/mol. The molecule has 25 heteroatoms. The zero-order chi connectivity index (χ0) is 97.2. The summed E-state index contributed by atoms with van der Waals surface area (Å²) in [7, 11) is 0. The van der Waals surface area contributed by atoms with Crippen LogP contribution >= 0.6 is 0 Å². The third-order valence-corrected chi connectivity index (χ3v) is 47.3. The first-order valence-corrected chi connectivity index (χ1v) is 56.5. The molecular weight excluding hydrogens is 1770 g/mol. The normalized spacial score (nSPS) is 50.0. The molecule has 4 aliphatic heterocycles. The van der Waals surface area contributed by atoms with Crippen molar-refractivity contribution in [2.45, 2.75) is 419 Å². The Balaban J connectivity index is 0.000000104. The number of hydrogen-bond acceptors (Lipinski definition) is 25. The molecule has 27 fully saturated rings. The highest BCUT2D eigenvalue weighted by molar-refractivity contribution is 6.06. The van der Waals surface area contributed by atoms with Crippen LogP contribution in [0.1, 0.15) is 341 Å². The van der Waals surface area contributed by atoms with E-state index in [4.69, 9.17) is 61.6 Å². The summed E-state index contributed by atoms with van der Waals surface area (Å²) < 4.78 is 78.0. The van der Waals surface area contributed by atoms with E-state index in [1.54, 1.807) is 6.92 Å². The third kappa shape index (κ3) is 14.6. The molecule has 4 heterocycles. The van der Waals surface area contributed by atoms with Gasteiger partial charge in [-0.15, -0.1) is 0 Å². The van der Waals surface area contributed by atoms with Gasteiger partial charge in [-0.1, -0.05) is 108 Å². The molecular formula is C114H160O25. The lowest BCUT2D eigenvalue weighted by molar-refractivity contribution is -0.215. The summed E-state index contributed by atoms with van der Waals surface area (Å²) in [5, 5.41) is 0. The van der Waals surface area contributed by atoms with Gasteiger partial charge in [0.05, 0.1) is 29.8 Å². The SMILES string of the molecule is CC(OC(=O)C12CC3CC1C(OC2=O)C3OC(=O)C1CC2CC1C(C)C2C)OC1CCCCC1.CC1C2CC(C(=O)OC3C4CC5C3OC(=O)C5(C(=O)OC(C)(C)C3CCCCC3)C4)C(C2)C1C.CCC(C)(OC(=O)C12CC3CC1C(OC2=O)C3OC(=O)C1CC2CC1C(C)C2C)C12CC3CC(CC(C3)C1)C2.CCC1(OC(=O)C23CC4CC2C(OC3=O)C4OC(=O)C2CC3CC2C(C)C3C)CCCC1. The molecule has 42 atom stereocenters. The molecule has 139 heavy (non-hydrogen) atoms. The summed E-state index contributed by atoms with van der Waals surface area (Å²) in [6.07, 6.45) is 32.2. The Labute approximate surface area is 821 Å². The van der Waals surface area contributed by atoms with Crippen molar-refractivity contribution in [1.29, 1.82) is 0 Å². The van der Waals surface area contributed by atoms with E-state index in [9.17, 15) is 57.5 Å². The highest BCUT2D eigenvalue weighted by atomic mass is 16.7. The fourth-order valence-electron chi connectivity index (χ4n) is 38.9. The maximum Gasteiger partial charge on any atom is 0.326 e. The molecule has 0 N–H and O–H groups in total. The maximum atomic E-state index is 14.2. The monoisotopic (exact) mass is 1930 g/mol. The van der Waals surface area contributed by atoms with Crippen molar-refractivity contribution < 1.29 is 119 Å². The molecule has 20 bridgehead atoms. The van der Waals surface area contributed by atoms with Crippen LogP contribution in [0.15, 0.2) is 0 Å². The van der Waals surface area contributed by atoms with Gasteiger partial charge in [0.15, 0.2) is 27.9 Å². The first kappa shape index (κ1) is 96.1. The summed E-state index contributed by atoms with van der Waals surface area (Å²) in [5.74, 6) is 6.47. The summed E-state index contributed by atoms with van der Waals surface area (Å²) in [6, 6.07) is 0. The molecule has 27 rings (SSSR count). The number of hydrogen-bond donors (Lipinski definition) is 0. The van der Waals surface area contributed by atoms with Crippen LogP contribution in [-0.4, -0.2) is 150 Å². The van der Waals surface area contributed by atoms with Crippen molar-refractivity contribution in [1.82, 2.24) is 0 Å². The van der Waals surface area contributed by atoms with Crippen LogP contribution in [0.2, 0.25) is 0 Å². The van der Waals surface area contributed by atoms with Gasteiger partial charge in [0.25, 0.3) is 0 Å². The van der Waals surface area contributed by atoms with Gasteiger partial charge in [-0.2, -0.15) is 0 Å². The van der Waals surface area contributed by atoms with Crippen molar-refractivity contribution in [3.63, 3.8) is 0 Å². The van der Waals surface area contributed by atoms with Gasteiger partial charge in [-0.05, 0) is 352 Å². The third-order valence-electron chi connectivity index (χ3n) is 47.3. The van der Waals surface area contributed by atoms with Gasteiger partial charge in [0, 0.05) is 52.8 Å². The molecule has 42 unspecified atom stereocenters. The average Bonchev–Trinajstić information content (AvgIpc) is 1.55. The van der Waals surface area contributed by atoms with Crippen molar-refractivity contribution >= 4 is 71.6 Å². The van der Waals surface area contributed by atoms with E-state index in [1.165, 1.54) is 44.9 Å².